The van der Waals surface area contributed by atoms with E-state index in [0.717, 1.165) is 28.7 Å². The standard InChI is InChI=1S/C16H11F2/c1-10-12-6-3-2-5-11(12)9-14(10)13-7-4-8-15(17)16(13)18/h2-9H,1H3. The van der Waals surface area contributed by atoms with Crippen molar-refractivity contribution in [3.05, 3.63) is 76.7 Å². The molecule has 3 rings (SSSR count). The molecule has 2 heteroatoms. The van der Waals surface area contributed by atoms with Gasteiger partial charge in [0, 0.05) is 11.5 Å². The zero-order valence-electron chi connectivity index (χ0n) is 9.87. The van der Waals surface area contributed by atoms with E-state index in [1.54, 1.807) is 6.07 Å². The Kier molecular flexibility index (Phi) is 2.51. The van der Waals surface area contributed by atoms with Crippen molar-refractivity contribution < 1.29 is 8.78 Å². The summed E-state index contributed by atoms with van der Waals surface area (Å²) >= 11 is 0. The van der Waals surface area contributed by atoms with Crippen molar-refractivity contribution in [1.29, 1.82) is 0 Å². The van der Waals surface area contributed by atoms with Gasteiger partial charge < -0.3 is 0 Å². The molecule has 0 heterocycles. The molecule has 0 bridgehead atoms. The molecule has 0 N–H and O–H groups in total. The molecule has 0 nitrogen and oxygen atoms in total. The van der Waals surface area contributed by atoms with Crippen molar-refractivity contribution in [2.24, 2.45) is 0 Å². The third-order valence-electron chi connectivity index (χ3n) is 3.31. The molecule has 2 aromatic carbocycles. The fourth-order valence-electron chi connectivity index (χ4n) is 2.36. The fraction of sp³-hybridized carbons (Fsp3) is 0.0625. The summed E-state index contributed by atoms with van der Waals surface area (Å²) in [6.07, 6.45) is 1.91. The van der Waals surface area contributed by atoms with Gasteiger partial charge in [-0.15, -0.1) is 0 Å². The molecule has 1 radical (unpaired) electrons. The molecule has 0 aromatic heterocycles. The van der Waals surface area contributed by atoms with E-state index in [2.05, 4.69) is 0 Å². The number of allylic oxidation sites excluding steroid dienone is 1. The van der Waals surface area contributed by atoms with Gasteiger partial charge in [-0.1, -0.05) is 43.3 Å². The largest absolute Gasteiger partial charge is 0.204 e. The predicted octanol–water partition coefficient (Wildman–Crippen LogP) is 4.46. The van der Waals surface area contributed by atoms with Gasteiger partial charge in [0.05, 0.1) is 0 Å². The lowest BCUT2D eigenvalue weighted by atomic mass is 9.93. The first-order valence-electron chi connectivity index (χ1n) is 5.78. The lowest BCUT2D eigenvalue weighted by molar-refractivity contribution is 0.506. The van der Waals surface area contributed by atoms with Gasteiger partial charge in [0.2, 0.25) is 0 Å². The van der Waals surface area contributed by atoms with Crippen LogP contribution in [-0.4, -0.2) is 0 Å². The Hall–Kier alpha value is -1.96. The van der Waals surface area contributed by atoms with Crippen LogP contribution in [0.5, 0.6) is 0 Å². The molecule has 0 amide bonds. The third kappa shape index (κ3) is 1.57. The summed E-state index contributed by atoms with van der Waals surface area (Å²) in [4.78, 5) is 0. The molecule has 0 aliphatic heterocycles. The molecule has 0 atom stereocenters. The molecular weight excluding hydrogens is 230 g/mol. The van der Waals surface area contributed by atoms with Crippen molar-refractivity contribution in [3.63, 3.8) is 0 Å². The van der Waals surface area contributed by atoms with Crippen molar-refractivity contribution in [2.75, 3.05) is 0 Å². The van der Waals surface area contributed by atoms with Crippen LogP contribution in [0, 0.1) is 17.6 Å². The van der Waals surface area contributed by atoms with Crippen LogP contribution in [-0.2, 0) is 0 Å². The SMILES string of the molecule is C[C]1C(c2cccc(F)c2F)=Cc2ccccc21. The first-order chi connectivity index (χ1) is 8.68. The second-order valence-electron chi connectivity index (χ2n) is 4.37. The maximum Gasteiger partial charge on any atom is 0.166 e. The molecule has 89 valence electrons. The molecule has 1 aliphatic carbocycles. The zero-order chi connectivity index (χ0) is 12.7. The summed E-state index contributed by atoms with van der Waals surface area (Å²) in [5, 5.41) is 0. The van der Waals surface area contributed by atoms with Gasteiger partial charge in [-0.25, -0.2) is 8.78 Å². The smallest absolute Gasteiger partial charge is 0.166 e. The van der Waals surface area contributed by atoms with Gasteiger partial charge in [-0.3, -0.25) is 0 Å². The van der Waals surface area contributed by atoms with Crippen LogP contribution >= 0.6 is 0 Å². The molecule has 0 saturated carbocycles. The van der Waals surface area contributed by atoms with Crippen LogP contribution in [0.4, 0.5) is 8.78 Å². The second kappa shape index (κ2) is 4.05. The average Bonchev–Trinajstić information content (AvgIpc) is 2.71. The van der Waals surface area contributed by atoms with Crippen molar-refractivity contribution in [3.8, 4) is 0 Å². The van der Waals surface area contributed by atoms with Crippen molar-refractivity contribution >= 4 is 11.6 Å². The molecule has 2 aromatic rings. The summed E-state index contributed by atoms with van der Waals surface area (Å²) in [6, 6.07) is 12.1. The summed E-state index contributed by atoms with van der Waals surface area (Å²) < 4.78 is 27.1. The molecule has 0 saturated heterocycles. The monoisotopic (exact) mass is 241 g/mol. The van der Waals surface area contributed by atoms with E-state index in [1.165, 1.54) is 6.07 Å². The van der Waals surface area contributed by atoms with Crippen molar-refractivity contribution in [2.45, 2.75) is 6.92 Å². The number of halogens is 2. The highest BCUT2D eigenvalue weighted by Gasteiger charge is 2.25. The molecule has 0 fully saturated rings. The van der Waals surface area contributed by atoms with E-state index < -0.39 is 11.6 Å². The van der Waals surface area contributed by atoms with Gasteiger partial charge in [-0.2, -0.15) is 0 Å². The lowest BCUT2D eigenvalue weighted by Gasteiger charge is -2.11. The lowest BCUT2D eigenvalue weighted by Crippen LogP contribution is -1.98. The number of benzene rings is 2. The molecule has 18 heavy (non-hydrogen) atoms. The fourth-order valence-corrected chi connectivity index (χ4v) is 2.36. The van der Waals surface area contributed by atoms with E-state index in [1.807, 2.05) is 37.3 Å². The first kappa shape index (κ1) is 11.1. The van der Waals surface area contributed by atoms with Gasteiger partial charge in [-0.05, 0) is 28.8 Å². The van der Waals surface area contributed by atoms with Gasteiger partial charge in [0.25, 0.3) is 0 Å². The summed E-state index contributed by atoms with van der Waals surface area (Å²) in [7, 11) is 0. The quantitative estimate of drug-likeness (QED) is 0.691. The maximum atomic E-state index is 13.8. The Morgan fingerprint density at radius 3 is 2.33 bits per heavy atom. The van der Waals surface area contributed by atoms with Gasteiger partial charge >= 0.3 is 0 Å². The highest BCUT2D eigenvalue weighted by molar-refractivity contribution is 5.98. The molecule has 0 unspecified atom stereocenters. The Morgan fingerprint density at radius 1 is 0.833 bits per heavy atom. The van der Waals surface area contributed by atoms with Crippen LogP contribution in [0.25, 0.3) is 11.6 Å². The van der Waals surface area contributed by atoms with E-state index in [-0.39, 0.29) is 0 Å². The first-order valence-corrected chi connectivity index (χ1v) is 5.78. The zero-order valence-corrected chi connectivity index (χ0v) is 9.87. The van der Waals surface area contributed by atoms with Crippen molar-refractivity contribution in [1.82, 2.24) is 0 Å². The van der Waals surface area contributed by atoms with Gasteiger partial charge in [0.1, 0.15) is 0 Å². The third-order valence-corrected chi connectivity index (χ3v) is 3.31. The second-order valence-corrected chi connectivity index (χ2v) is 4.37. The molecular formula is C16H11F2. The summed E-state index contributed by atoms with van der Waals surface area (Å²) in [5.41, 5.74) is 3.21. The number of rotatable bonds is 1. The van der Waals surface area contributed by atoms with Crippen LogP contribution in [0.3, 0.4) is 0 Å². The number of hydrogen-bond donors (Lipinski definition) is 0. The normalized spacial score (nSPS) is 14.5. The van der Waals surface area contributed by atoms with E-state index >= 15 is 0 Å². The summed E-state index contributed by atoms with van der Waals surface area (Å²) in [6.45, 7) is 1.93. The highest BCUT2D eigenvalue weighted by atomic mass is 19.2. The summed E-state index contributed by atoms with van der Waals surface area (Å²) in [5.74, 6) is -0.608. The number of hydrogen-bond acceptors (Lipinski definition) is 0. The minimum Gasteiger partial charge on any atom is -0.204 e. The van der Waals surface area contributed by atoms with E-state index in [4.69, 9.17) is 0 Å². The Balaban J connectivity index is 2.14. The van der Waals surface area contributed by atoms with Crippen LogP contribution in [0.2, 0.25) is 0 Å². The topological polar surface area (TPSA) is 0 Å². The predicted molar refractivity (Wildman–Crippen MR) is 68.7 cm³/mol. The molecule has 0 spiro atoms. The minimum absolute atomic E-state index is 0.323. The Labute approximate surface area is 105 Å². The van der Waals surface area contributed by atoms with E-state index in [9.17, 15) is 8.78 Å². The van der Waals surface area contributed by atoms with Crippen LogP contribution < -0.4 is 0 Å². The van der Waals surface area contributed by atoms with Gasteiger partial charge in [0.15, 0.2) is 11.6 Å². The molecule has 1 aliphatic rings. The van der Waals surface area contributed by atoms with Crippen LogP contribution in [0.15, 0.2) is 42.5 Å². The van der Waals surface area contributed by atoms with E-state index in [0.29, 0.717) is 5.56 Å². The Morgan fingerprint density at radius 2 is 1.56 bits per heavy atom. The maximum absolute atomic E-state index is 13.8. The Bertz CT molecular complexity index is 641. The van der Waals surface area contributed by atoms with Crippen LogP contribution in [0.1, 0.15) is 23.6 Å². The minimum atomic E-state index is -0.808. The average molecular weight is 241 g/mol. The number of fused-ring (bicyclic) bond motifs is 1. The highest BCUT2D eigenvalue weighted by Crippen LogP contribution is 2.41.